The van der Waals surface area contributed by atoms with Crippen LogP contribution in [0.4, 0.5) is 5.69 Å². The summed E-state index contributed by atoms with van der Waals surface area (Å²) >= 11 is 0. The van der Waals surface area contributed by atoms with Gasteiger partial charge in [-0.3, -0.25) is 9.59 Å². The molecule has 2 rings (SSSR count). The van der Waals surface area contributed by atoms with Crippen molar-refractivity contribution in [1.82, 2.24) is 4.90 Å². The summed E-state index contributed by atoms with van der Waals surface area (Å²) in [5.41, 5.74) is 2.64. The van der Waals surface area contributed by atoms with Crippen LogP contribution in [0.25, 0.3) is 0 Å². The number of hydrogen-bond donors (Lipinski definition) is 2. The molecule has 1 amide bonds. The molecule has 5 nitrogen and oxygen atoms in total. The van der Waals surface area contributed by atoms with Crippen molar-refractivity contribution in [2.24, 2.45) is 0 Å². The Morgan fingerprint density at radius 2 is 2.26 bits per heavy atom. The van der Waals surface area contributed by atoms with Crippen LogP contribution in [-0.4, -0.2) is 41.5 Å². The Morgan fingerprint density at radius 3 is 2.95 bits per heavy atom. The van der Waals surface area contributed by atoms with E-state index in [1.54, 1.807) is 12.1 Å². The standard InChI is InChI=1S/C14H16N2O3/c1-2-7-16(9-13(17)18)14(19)11-4-3-10-5-6-15-12(10)8-11/h2-4,8,15H,1,5-7,9H2,(H,17,18). The van der Waals surface area contributed by atoms with Crippen LogP contribution in [0.5, 0.6) is 0 Å². The number of carbonyl (C=O) groups is 2. The van der Waals surface area contributed by atoms with Gasteiger partial charge in [-0.05, 0) is 24.1 Å². The maximum Gasteiger partial charge on any atom is 0.323 e. The Balaban J connectivity index is 2.21. The molecular weight excluding hydrogens is 244 g/mol. The molecule has 1 aromatic carbocycles. The van der Waals surface area contributed by atoms with E-state index in [-0.39, 0.29) is 19.0 Å². The first-order valence-electron chi connectivity index (χ1n) is 6.10. The van der Waals surface area contributed by atoms with Crippen molar-refractivity contribution in [3.63, 3.8) is 0 Å². The fourth-order valence-electron chi connectivity index (χ4n) is 2.14. The van der Waals surface area contributed by atoms with Crippen LogP contribution in [0.15, 0.2) is 30.9 Å². The van der Waals surface area contributed by atoms with Crippen molar-refractivity contribution in [3.05, 3.63) is 42.0 Å². The Kier molecular flexibility index (Phi) is 3.85. The first-order chi connectivity index (χ1) is 9.11. The van der Waals surface area contributed by atoms with Gasteiger partial charge in [0, 0.05) is 24.3 Å². The van der Waals surface area contributed by atoms with Gasteiger partial charge in [0.15, 0.2) is 0 Å². The van der Waals surface area contributed by atoms with E-state index in [1.165, 1.54) is 16.5 Å². The molecule has 0 aliphatic carbocycles. The quantitative estimate of drug-likeness (QED) is 0.784. The van der Waals surface area contributed by atoms with E-state index in [2.05, 4.69) is 11.9 Å². The molecule has 0 unspecified atom stereocenters. The van der Waals surface area contributed by atoms with E-state index in [0.717, 1.165) is 18.7 Å². The van der Waals surface area contributed by atoms with Gasteiger partial charge in [-0.2, -0.15) is 0 Å². The van der Waals surface area contributed by atoms with Crippen LogP contribution in [0, 0.1) is 0 Å². The summed E-state index contributed by atoms with van der Waals surface area (Å²) in [6.07, 6.45) is 2.47. The number of benzene rings is 1. The van der Waals surface area contributed by atoms with Gasteiger partial charge in [0.25, 0.3) is 5.91 Å². The Bertz CT molecular complexity index is 525. The minimum absolute atomic E-state index is 0.218. The monoisotopic (exact) mass is 260 g/mol. The lowest BCUT2D eigenvalue weighted by atomic mass is 10.1. The first-order valence-corrected chi connectivity index (χ1v) is 6.10. The largest absolute Gasteiger partial charge is 0.480 e. The van der Waals surface area contributed by atoms with Crippen LogP contribution >= 0.6 is 0 Å². The van der Waals surface area contributed by atoms with Gasteiger partial charge in [-0.15, -0.1) is 6.58 Å². The highest BCUT2D eigenvalue weighted by atomic mass is 16.4. The maximum atomic E-state index is 12.3. The van der Waals surface area contributed by atoms with E-state index >= 15 is 0 Å². The lowest BCUT2D eigenvalue weighted by molar-refractivity contribution is -0.137. The molecule has 1 aliphatic rings. The van der Waals surface area contributed by atoms with Crippen LogP contribution < -0.4 is 5.32 Å². The summed E-state index contributed by atoms with van der Waals surface area (Å²) < 4.78 is 0. The minimum atomic E-state index is -1.03. The zero-order valence-electron chi connectivity index (χ0n) is 10.6. The first kappa shape index (κ1) is 13.1. The summed E-state index contributed by atoms with van der Waals surface area (Å²) in [4.78, 5) is 24.3. The maximum absolute atomic E-state index is 12.3. The number of aliphatic carboxylic acids is 1. The molecule has 1 aliphatic heterocycles. The second-order valence-corrected chi connectivity index (χ2v) is 4.42. The van der Waals surface area contributed by atoms with Crippen LogP contribution in [0.2, 0.25) is 0 Å². The number of fused-ring (bicyclic) bond motifs is 1. The van der Waals surface area contributed by atoms with Crippen LogP contribution in [-0.2, 0) is 11.2 Å². The summed E-state index contributed by atoms with van der Waals surface area (Å²) in [5, 5.41) is 12.0. The molecule has 0 aromatic heterocycles. The Morgan fingerprint density at radius 1 is 1.47 bits per heavy atom. The van der Waals surface area contributed by atoms with Gasteiger partial charge >= 0.3 is 5.97 Å². The van der Waals surface area contributed by atoms with Crippen LogP contribution in [0.3, 0.4) is 0 Å². The topological polar surface area (TPSA) is 69.6 Å². The SMILES string of the molecule is C=CCN(CC(=O)O)C(=O)c1ccc2c(c1)NCC2. The third kappa shape index (κ3) is 2.93. The van der Waals surface area contributed by atoms with Crippen molar-refractivity contribution < 1.29 is 14.7 Å². The number of rotatable bonds is 5. The van der Waals surface area contributed by atoms with Gasteiger partial charge in [-0.1, -0.05) is 12.1 Å². The average Bonchev–Trinajstić information content (AvgIpc) is 2.84. The fourth-order valence-corrected chi connectivity index (χ4v) is 2.14. The third-order valence-corrected chi connectivity index (χ3v) is 3.03. The second kappa shape index (κ2) is 5.56. The fraction of sp³-hybridized carbons (Fsp3) is 0.286. The highest BCUT2D eigenvalue weighted by molar-refractivity contribution is 5.97. The number of anilines is 1. The predicted octanol–water partition coefficient (Wildman–Crippen LogP) is 1.37. The normalized spacial score (nSPS) is 12.4. The molecule has 2 N–H and O–H groups in total. The Labute approximate surface area is 111 Å². The van der Waals surface area contributed by atoms with Crippen molar-refractivity contribution in [2.45, 2.75) is 6.42 Å². The molecule has 0 saturated heterocycles. The minimum Gasteiger partial charge on any atom is -0.480 e. The molecule has 1 heterocycles. The third-order valence-electron chi connectivity index (χ3n) is 3.03. The highest BCUT2D eigenvalue weighted by Crippen LogP contribution is 2.23. The molecule has 0 fully saturated rings. The molecule has 1 aromatic rings. The van der Waals surface area contributed by atoms with Crippen molar-refractivity contribution in [2.75, 3.05) is 25.0 Å². The molecule has 5 heteroatoms. The molecule has 100 valence electrons. The van der Waals surface area contributed by atoms with Gasteiger partial charge in [0.1, 0.15) is 6.54 Å². The number of hydrogen-bond acceptors (Lipinski definition) is 3. The van der Waals surface area contributed by atoms with E-state index in [4.69, 9.17) is 5.11 Å². The predicted molar refractivity (Wildman–Crippen MR) is 72.4 cm³/mol. The molecule has 19 heavy (non-hydrogen) atoms. The van der Waals surface area contributed by atoms with E-state index in [1.807, 2.05) is 6.07 Å². The lowest BCUT2D eigenvalue weighted by Crippen LogP contribution is -2.35. The number of nitrogens with one attached hydrogen (secondary N) is 1. The van der Waals surface area contributed by atoms with E-state index in [9.17, 15) is 9.59 Å². The molecule has 0 radical (unpaired) electrons. The summed E-state index contributed by atoms with van der Waals surface area (Å²) in [7, 11) is 0. The number of carbonyl (C=O) groups excluding carboxylic acids is 1. The number of amides is 1. The number of carboxylic acid groups (broad SMARTS) is 1. The van der Waals surface area contributed by atoms with Crippen LogP contribution in [0.1, 0.15) is 15.9 Å². The summed E-state index contributed by atoms with van der Waals surface area (Å²) in [5.74, 6) is -1.33. The summed E-state index contributed by atoms with van der Waals surface area (Å²) in [6.45, 7) is 4.31. The zero-order chi connectivity index (χ0) is 13.8. The molecular formula is C14H16N2O3. The van der Waals surface area contributed by atoms with Gasteiger partial charge in [0.05, 0.1) is 0 Å². The van der Waals surface area contributed by atoms with Crippen molar-refractivity contribution in [3.8, 4) is 0 Å². The number of carboxylic acids is 1. The molecule has 0 atom stereocenters. The number of nitrogens with zero attached hydrogens (tertiary/aromatic N) is 1. The average molecular weight is 260 g/mol. The zero-order valence-corrected chi connectivity index (χ0v) is 10.6. The van der Waals surface area contributed by atoms with Gasteiger partial charge in [-0.25, -0.2) is 0 Å². The van der Waals surface area contributed by atoms with Gasteiger partial charge in [0.2, 0.25) is 0 Å². The van der Waals surface area contributed by atoms with E-state index < -0.39 is 5.97 Å². The van der Waals surface area contributed by atoms with Gasteiger partial charge < -0.3 is 15.3 Å². The van der Waals surface area contributed by atoms with Crippen molar-refractivity contribution in [1.29, 1.82) is 0 Å². The smallest absolute Gasteiger partial charge is 0.323 e. The summed E-state index contributed by atoms with van der Waals surface area (Å²) in [6, 6.07) is 5.43. The second-order valence-electron chi connectivity index (χ2n) is 4.42. The van der Waals surface area contributed by atoms with E-state index in [0.29, 0.717) is 5.56 Å². The molecule has 0 bridgehead atoms. The lowest BCUT2D eigenvalue weighted by Gasteiger charge is -2.19. The van der Waals surface area contributed by atoms with Crippen molar-refractivity contribution >= 4 is 17.6 Å². The highest BCUT2D eigenvalue weighted by Gasteiger charge is 2.19. The molecule has 0 saturated carbocycles. The molecule has 0 spiro atoms. The Hall–Kier alpha value is -2.30.